The predicted octanol–water partition coefficient (Wildman–Crippen LogP) is 11.5. The van der Waals surface area contributed by atoms with Crippen molar-refractivity contribution in [1.82, 2.24) is 0 Å². The number of carboxylic acid groups (broad SMARTS) is 1. The molecule has 0 radical (unpaired) electrons. The third-order valence-electron chi connectivity index (χ3n) is 10.3. The fraction of sp³-hybridized carbons (Fsp3) is 0.776. The minimum atomic E-state index is -1.13. The highest BCUT2D eigenvalue weighted by Crippen LogP contribution is 2.16. The van der Waals surface area contributed by atoms with Crippen LogP contribution in [0.3, 0.4) is 0 Å². The molecule has 0 fully saturated rings. The summed E-state index contributed by atoms with van der Waals surface area (Å²) in [6.07, 6.45) is 47.1. The fourth-order valence-electron chi connectivity index (χ4n) is 6.73. The van der Waals surface area contributed by atoms with Crippen LogP contribution in [0.25, 0.3) is 0 Å². The van der Waals surface area contributed by atoms with Crippen LogP contribution in [0.2, 0.25) is 0 Å². The number of carbonyl (C=O) groups is 3. The Morgan fingerprint density at radius 2 is 0.982 bits per heavy atom. The van der Waals surface area contributed by atoms with E-state index in [1.54, 1.807) is 21.1 Å². The van der Waals surface area contributed by atoms with E-state index in [1.165, 1.54) is 96.3 Å². The molecule has 0 amide bonds. The van der Waals surface area contributed by atoms with Crippen LogP contribution in [0.4, 0.5) is 0 Å². The van der Waals surface area contributed by atoms with E-state index in [1.807, 2.05) is 24.3 Å². The number of esters is 2. The first-order valence-corrected chi connectivity index (χ1v) is 23.2. The molecule has 2 unspecified atom stereocenters. The molecule has 0 aliphatic heterocycles. The van der Waals surface area contributed by atoms with Crippen molar-refractivity contribution in [2.75, 3.05) is 41.0 Å². The topological polar surface area (TPSA) is 102 Å². The van der Waals surface area contributed by atoms with Crippen molar-refractivity contribution in [1.29, 1.82) is 0 Å². The van der Waals surface area contributed by atoms with Gasteiger partial charge in [0.15, 0.2) is 6.10 Å². The molecule has 8 nitrogen and oxygen atoms in total. The van der Waals surface area contributed by atoms with Gasteiger partial charge < -0.3 is 28.6 Å². The molecule has 0 N–H and O–H groups in total. The average molecular weight is 802 g/mol. The first-order valence-electron chi connectivity index (χ1n) is 23.2. The number of hydrogen-bond donors (Lipinski definition) is 0. The van der Waals surface area contributed by atoms with Gasteiger partial charge in [-0.25, -0.2) is 0 Å². The minimum Gasteiger partial charge on any atom is -0.544 e. The van der Waals surface area contributed by atoms with Crippen LogP contribution in [0.1, 0.15) is 194 Å². The molecule has 8 heteroatoms. The number of likely N-dealkylation sites (N-methyl/N-ethyl adjacent to an activating group) is 1. The number of carboxylic acids is 1. The van der Waals surface area contributed by atoms with E-state index in [0.717, 1.165) is 64.2 Å². The Labute approximate surface area is 350 Å². The maximum absolute atomic E-state index is 12.7. The maximum atomic E-state index is 12.7. The SMILES string of the molecule is CC/C=C/C=C/C=C/C=C/CCCCCCCC(=O)OC(COCCC(C(=O)[O-])[N+](C)(C)C)COC(=O)CCCCCCCCCCCCCCCCCCCC. The van der Waals surface area contributed by atoms with E-state index in [4.69, 9.17) is 14.2 Å². The fourth-order valence-corrected chi connectivity index (χ4v) is 6.73. The largest absolute Gasteiger partial charge is 0.544 e. The summed E-state index contributed by atoms with van der Waals surface area (Å²) in [5.41, 5.74) is 0. The van der Waals surface area contributed by atoms with Crippen molar-refractivity contribution >= 4 is 17.9 Å². The number of aliphatic carboxylic acids is 1. The molecule has 0 rings (SSSR count). The highest BCUT2D eigenvalue weighted by Gasteiger charge is 2.25. The molecule has 0 aromatic heterocycles. The summed E-state index contributed by atoms with van der Waals surface area (Å²) < 4.78 is 17.2. The van der Waals surface area contributed by atoms with E-state index >= 15 is 0 Å². The van der Waals surface area contributed by atoms with Gasteiger partial charge in [0.1, 0.15) is 12.6 Å². The molecule has 0 aromatic rings. The molecule has 0 bridgehead atoms. The summed E-state index contributed by atoms with van der Waals surface area (Å²) in [6, 6.07) is -0.730. The van der Waals surface area contributed by atoms with Crippen molar-refractivity contribution in [3.05, 3.63) is 48.6 Å². The normalized spacial score (nSPS) is 13.4. The number of rotatable bonds is 41. The number of nitrogens with zero attached hydrogens (tertiary/aromatic N) is 1. The first-order chi connectivity index (χ1) is 27.6. The zero-order valence-electron chi connectivity index (χ0n) is 37.5. The van der Waals surface area contributed by atoms with Crippen molar-refractivity contribution in [2.24, 2.45) is 0 Å². The number of quaternary nitrogens is 1. The lowest BCUT2D eigenvalue weighted by molar-refractivity contribution is -0.889. The van der Waals surface area contributed by atoms with Crippen LogP contribution >= 0.6 is 0 Å². The Kier molecular flexibility index (Phi) is 38.2. The average Bonchev–Trinajstić information content (AvgIpc) is 3.17. The predicted molar refractivity (Wildman–Crippen MR) is 236 cm³/mol. The third-order valence-corrected chi connectivity index (χ3v) is 10.3. The van der Waals surface area contributed by atoms with Gasteiger partial charge in [-0.2, -0.15) is 0 Å². The van der Waals surface area contributed by atoms with Gasteiger partial charge in [-0.15, -0.1) is 0 Å². The molecule has 0 saturated heterocycles. The highest BCUT2D eigenvalue weighted by molar-refractivity contribution is 5.70. The lowest BCUT2D eigenvalue weighted by Gasteiger charge is -2.34. The molecular weight excluding hydrogens is 715 g/mol. The number of unbranched alkanes of at least 4 members (excludes halogenated alkanes) is 22. The number of hydrogen-bond acceptors (Lipinski definition) is 7. The number of ether oxygens (including phenoxy) is 3. The van der Waals surface area contributed by atoms with Gasteiger partial charge in [0.05, 0.1) is 40.3 Å². The van der Waals surface area contributed by atoms with Gasteiger partial charge in [-0.05, 0) is 32.1 Å². The van der Waals surface area contributed by atoms with Gasteiger partial charge in [0.25, 0.3) is 0 Å². The van der Waals surface area contributed by atoms with E-state index in [9.17, 15) is 19.5 Å². The molecule has 330 valence electrons. The second kappa shape index (κ2) is 40.1. The van der Waals surface area contributed by atoms with Crippen LogP contribution in [-0.4, -0.2) is 75.5 Å². The van der Waals surface area contributed by atoms with E-state index in [0.29, 0.717) is 12.8 Å². The molecule has 0 aliphatic carbocycles. The minimum absolute atomic E-state index is 0.0318. The van der Waals surface area contributed by atoms with Gasteiger partial charge in [-0.3, -0.25) is 9.59 Å². The number of carbonyl (C=O) groups excluding carboxylic acids is 3. The Morgan fingerprint density at radius 3 is 1.46 bits per heavy atom. The molecule has 0 aromatic carbocycles. The number of allylic oxidation sites excluding steroid dienone is 8. The molecule has 2 atom stereocenters. The van der Waals surface area contributed by atoms with E-state index in [2.05, 4.69) is 38.2 Å². The second-order valence-electron chi connectivity index (χ2n) is 16.7. The molecule has 0 saturated carbocycles. The Morgan fingerprint density at radius 1 is 0.544 bits per heavy atom. The monoisotopic (exact) mass is 802 g/mol. The summed E-state index contributed by atoms with van der Waals surface area (Å²) >= 11 is 0. The van der Waals surface area contributed by atoms with Gasteiger partial charge in [0.2, 0.25) is 0 Å². The summed E-state index contributed by atoms with van der Waals surface area (Å²) in [7, 11) is 5.40. The summed E-state index contributed by atoms with van der Waals surface area (Å²) in [5.74, 6) is -1.76. The van der Waals surface area contributed by atoms with Gasteiger partial charge in [-0.1, -0.05) is 191 Å². The zero-order valence-corrected chi connectivity index (χ0v) is 37.5. The quantitative estimate of drug-likeness (QED) is 0.0262. The molecule has 0 heterocycles. The van der Waals surface area contributed by atoms with Crippen molar-refractivity contribution < 1.29 is 38.2 Å². The maximum Gasteiger partial charge on any atom is 0.306 e. The summed E-state index contributed by atoms with van der Waals surface area (Å²) in [4.78, 5) is 36.9. The molecular formula is C49H87NO7. The smallest absolute Gasteiger partial charge is 0.306 e. The Bertz CT molecular complexity index is 1070. The van der Waals surface area contributed by atoms with Gasteiger partial charge >= 0.3 is 11.9 Å². The van der Waals surface area contributed by atoms with Crippen LogP contribution < -0.4 is 5.11 Å². The Balaban J connectivity index is 4.31. The molecule has 0 aliphatic rings. The lowest BCUT2D eigenvalue weighted by Crippen LogP contribution is -2.55. The van der Waals surface area contributed by atoms with Crippen LogP contribution in [0, 0.1) is 0 Å². The van der Waals surface area contributed by atoms with Gasteiger partial charge in [0, 0.05) is 19.3 Å². The third kappa shape index (κ3) is 38.6. The Hall–Kier alpha value is -2.71. The van der Waals surface area contributed by atoms with Crippen molar-refractivity contribution in [2.45, 2.75) is 206 Å². The first kappa shape index (κ1) is 54.3. The summed E-state index contributed by atoms with van der Waals surface area (Å²) in [5, 5.41) is 11.6. The van der Waals surface area contributed by atoms with E-state index in [-0.39, 0.29) is 42.7 Å². The highest BCUT2D eigenvalue weighted by atomic mass is 16.6. The lowest BCUT2D eigenvalue weighted by atomic mass is 10.0. The van der Waals surface area contributed by atoms with Crippen molar-refractivity contribution in [3.8, 4) is 0 Å². The van der Waals surface area contributed by atoms with Crippen LogP contribution in [-0.2, 0) is 28.6 Å². The molecule has 57 heavy (non-hydrogen) atoms. The summed E-state index contributed by atoms with van der Waals surface area (Å²) in [6.45, 7) is 4.51. The van der Waals surface area contributed by atoms with Crippen LogP contribution in [0.15, 0.2) is 48.6 Å². The standard InChI is InChI=1S/C49H87NO7/c1-6-8-10-12-14-16-18-20-22-23-24-26-27-29-31-33-35-37-39-47(51)56-44-45(43-55-42-41-46(49(53)54)50(3,4)5)57-48(52)40-38-36-34-32-30-28-25-21-19-17-15-13-11-9-7-2/h9,11,13,15,17,19,21,25,45-46H,6-8,10,12,14,16,18,20,22-24,26-44H2,1-5H3/b11-9+,15-13+,19-17+,25-21+. The second-order valence-corrected chi connectivity index (χ2v) is 16.7. The zero-order chi connectivity index (χ0) is 42.1. The molecule has 0 spiro atoms. The van der Waals surface area contributed by atoms with E-state index < -0.39 is 18.1 Å². The van der Waals surface area contributed by atoms with Crippen molar-refractivity contribution in [3.63, 3.8) is 0 Å². The van der Waals surface area contributed by atoms with Crippen LogP contribution in [0.5, 0.6) is 0 Å².